The molecule has 0 bridgehead atoms. The van der Waals surface area contributed by atoms with E-state index in [-0.39, 0.29) is 17.3 Å². The number of furan rings is 1. The zero-order chi connectivity index (χ0) is 17.3. The zero-order valence-electron chi connectivity index (χ0n) is 14.2. The average Bonchev–Trinajstić information content (AvgIpc) is 3.11. The zero-order valence-corrected chi connectivity index (χ0v) is 14.2. The van der Waals surface area contributed by atoms with Crippen LogP contribution in [0.15, 0.2) is 34.4 Å². The van der Waals surface area contributed by atoms with Crippen molar-refractivity contribution in [1.82, 2.24) is 0 Å². The van der Waals surface area contributed by atoms with Gasteiger partial charge in [-0.2, -0.15) is 0 Å². The van der Waals surface area contributed by atoms with Crippen LogP contribution in [0.25, 0.3) is 6.08 Å². The lowest BCUT2D eigenvalue weighted by Crippen LogP contribution is -3.10. The number of aromatic hydroxyl groups is 1. The molecule has 5 nitrogen and oxygen atoms in total. The number of hydrogen-bond acceptors (Lipinski definition) is 4. The second kappa shape index (κ2) is 6.53. The number of ether oxygens (including phenoxy) is 1. The molecule has 5 heteroatoms. The Morgan fingerprint density at radius 3 is 2.54 bits per heavy atom. The van der Waals surface area contributed by atoms with Crippen molar-refractivity contribution in [3.63, 3.8) is 0 Å². The van der Waals surface area contributed by atoms with Crippen LogP contribution in [0.2, 0.25) is 0 Å². The van der Waals surface area contributed by atoms with Crippen molar-refractivity contribution in [2.75, 3.05) is 13.1 Å². The molecule has 126 valence electrons. The first-order chi connectivity index (χ1) is 11.5. The molecule has 2 N–H and O–H groups in total. The summed E-state index contributed by atoms with van der Waals surface area (Å²) >= 11 is 0. The molecule has 2 aromatic rings. The van der Waals surface area contributed by atoms with E-state index in [1.165, 1.54) is 4.90 Å². The average molecular weight is 328 g/mol. The van der Waals surface area contributed by atoms with E-state index in [1.807, 2.05) is 13.0 Å². The number of carbonyl (C=O) groups excluding carboxylic acids is 1. The van der Waals surface area contributed by atoms with E-state index in [9.17, 15) is 9.90 Å². The van der Waals surface area contributed by atoms with Crippen molar-refractivity contribution in [2.45, 2.75) is 27.3 Å². The molecular formula is C19H22NO4+. The van der Waals surface area contributed by atoms with Crippen LogP contribution in [0, 0.1) is 6.92 Å². The fraction of sp³-hybridized carbons (Fsp3) is 0.316. The summed E-state index contributed by atoms with van der Waals surface area (Å²) in [5.74, 6) is 2.01. The normalized spacial score (nSPS) is 15.2. The Kier molecular flexibility index (Phi) is 4.44. The van der Waals surface area contributed by atoms with Crippen LogP contribution < -0.4 is 9.64 Å². The van der Waals surface area contributed by atoms with Crippen molar-refractivity contribution < 1.29 is 24.0 Å². The van der Waals surface area contributed by atoms with Gasteiger partial charge in [-0.1, -0.05) is 0 Å². The number of nitrogens with one attached hydrogen (secondary N) is 1. The van der Waals surface area contributed by atoms with Gasteiger partial charge in [0.15, 0.2) is 11.5 Å². The summed E-state index contributed by atoms with van der Waals surface area (Å²) in [6, 6.07) is 6.81. The Labute approximate surface area is 141 Å². The number of quaternary nitrogens is 1. The van der Waals surface area contributed by atoms with Gasteiger partial charge in [0.2, 0.25) is 5.78 Å². The highest BCUT2D eigenvalue weighted by Crippen LogP contribution is 2.39. The summed E-state index contributed by atoms with van der Waals surface area (Å²) in [6.45, 7) is 8.51. The molecule has 1 aliphatic heterocycles. The molecule has 24 heavy (non-hydrogen) atoms. The number of fused-ring (bicyclic) bond motifs is 1. The molecule has 0 atom stereocenters. The SMILES string of the molecule is CC[NH+](CC)Cc1c(O)ccc2c1OC(=Cc1ccc(C)o1)C2=O. The molecule has 2 heterocycles. The quantitative estimate of drug-likeness (QED) is 0.827. The molecular weight excluding hydrogens is 306 g/mol. The van der Waals surface area contributed by atoms with Gasteiger partial charge in [-0.3, -0.25) is 4.79 Å². The van der Waals surface area contributed by atoms with E-state index in [1.54, 1.807) is 24.3 Å². The molecule has 0 amide bonds. The first-order valence-electron chi connectivity index (χ1n) is 8.22. The summed E-state index contributed by atoms with van der Waals surface area (Å²) in [4.78, 5) is 13.9. The number of carbonyl (C=O) groups is 1. The molecule has 1 aromatic heterocycles. The predicted molar refractivity (Wildman–Crippen MR) is 90.2 cm³/mol. The fourth-order valence-electron chi connectivity index (χ4n) is 2.88. The minimum atomic E-state index is -0.185. The summed E-state index contributed by atoms with van der Waals surface area (Å²) < 4.78 is 11.3. The van der Waals surface area contributed by atoms with Gasteiger partial charge >= 0.3 is 0 Å². The van der Waals surface area contributed by atoms with E-state index in [0.717, 1.165) is 18.8 Å². The highest BCUT2D eigenvalue weighted by atomic mass is 16.5. The first-order valence-corrected chi connectivity index (χ1v) is 8.22. The smallest absolute Gasteiger partial charge is 0.232 e. The largest absolute Gasteiger partial charge is 0.507 e. The lowest BCUT2D eigenvalue weighted by molar-refractivity contribution is -0.910. The second-order valence-electron chi connectivity index (χ2n) is 5.96. The molecule has 0 fully saturated rings. The van der Waals surface area contributed by atoms with Gasteiger partial charge in [0.05, 0.1) is 24.2 Å². The van der Waals surface area contributed by atoms with E-state index in [0.29, 0.717) is 29.2 Å². The lowest BCUT2D eigenvalue weighted by atomic mass is 10.0. The molecule has 0 saturated carbocycles. The molecule has 0 spiro atoms. The number of phenolic OH excluding ortho intramolecular Hbond substituents is 1. The molecule has 0 radical (unpaired) electrons. The van der Waals surface area contributed by atoms with Crippen molar-refractivity contribution >= 4 is 11.9 Å². The third kappa shape index (κ3) is 2.95. The first kappa shape index (κ1) is 16.3. The lowest BCUT2D eigenvalue weighted by Gasteiger charge is -2.17. The Morgan fingerprint density at radius 2 is 1.92 bits per heavy atom. The van der Waals surface area contributed by atoms with Gasteiger partial charge in [-0.15, -0.1) is 0 Å². The van der Waals surface area contributed by atoms with Crippen LogP contribution in [-0.4, -0.2) is 24.0 Å². The van der Waals surface area contributed by atoms with Crippen molar-refractivity contribution in [1.29, 1.82) is 0 Å². The Balaban J connectivity index is 1.97. The van der Waals surface area contributed by atoms with Crippen LogP contribution in [0.1, 0.15) is 41.3 Å². The number of benzene rings is 1. The van der Waals surface area contributed by atoms with Gasteiger partial charge in [0, 0.05) is 6.08 Å². The number of rotatable bonds is 5. The molecule has 0 unspecified atom stereocenters. The Hall–Kier alpha value is -2.53. The summed E-state index contributed by atoms with van der Waals surface area (Å²) in [5, 5.41) is 10.2. The predicted octanol–water partition coefficient (Wildman–Crippen LogP) is 2.33. The van der Waals surface area contributed by atoms with Gasteiger partial charge in [-0.05, 0) is 45.0 Å². The van der Waals surface area contributed by atoms with Crippen molar-refractivity contribution in [2.24, 2.45) is 0 Å². The van der Waals surface area contributed by atoms with Crippen LogP contribution in [-0.2, 0) is 6.54 Å². The molecule has 1 aromatic carbocycles. The highest BCUT2D eigenvalue weighted by Gasteiger charge is 2.32. The molecule has 1 aliphatic rings. The summed E-state index contributed by atoms with van der Waals surface area (Å²) in [5.41, 5.74) is 1.17. The molecule has 3 rings (SSSR count). The number of hydrogen-bond donors (Lipinski definition) is 2. The van der Waals surface area contributed by atoms with E-state index < -0.39 is 0 Å². The minimum absolute atomic E-state index is 0.163. The number of allylic oxidation sites excluding steroid dienone is 1. The van der Waals surface area contributed by atoms with Crippen molar-refractivity contribution in [3.8, 4) is 11.5 Å². The number of ketones is 1. The maximum absolute atomic E-state index is 12.6. The summed E-state index contributed by atoms with van der Waals surface area (Å²) in [7, 11) is 0. The van der Waals surface area contributed by atoms with Crippen LogP contribution in [0.5, 0.6) is 11.5 Å². The van der Waals surface area contributed by atoms with E-state index >= 15 is 0 Å². The number of aryl methyl sites for hydroxylation is 1. The highest BCUT2D eigenvalue weighted by molar-refractivity contribution is 6.14. The monoisotopic (exact) mass is 328 g/mol. The topological polar surface area (TPSA) is 64.1 Å². The second-order valence-corrected chi connectivity index (χ2v) is 5.96. The number of Topliss-reactive ketones (excluding diaryl/α,β-unsaturated/α-hetero) is 1. The third-order valence-corrected chi connectivity index (χ3v) is 4.38. The van der Waals surface area contributed by atoms with E-state index in [2.05, 4.69) is 13.8 Å². The van der Waals surface area contributed by atoms with Crippen LogP contribution in [0.4, 0.5) is 0 Å². The Bertz CT molecular complexity index is 800. The van der Waals surface area contributed by atoms with Gasteiger partial charge in [0.1, 0.15) is 23.8 Å². The van der Waals surface area contributed by atoms with Gasteiger partial charge in [-0.25, -0.2) is 0 Å². The maximum atomic E-state index is 12.6. The van der Waals surface area contributed by atoms with Crippen LogP contribution in [0.3, 0.4) is 0 Å². The minimum Gasteiger partial charge on any atom is -0.507 e. The standard InChI is InChI=1S/C19H21NO4/c1-4-20(5-2)11-15-16(21)9-8-14-18(22)17(24-19(14)15)10-13-7-6-12(3)23-13/h6-10,21H,4-5,11H2,1-3H3/p+1. The fourth-order valence-corrected chi connectivity index (χ4v) is 2.88. The van der Waals surface area contributed by atoms with Crippen LogP contribution >= 0.6 is 0 Å². The maximum Gasteiger partial charge on any atom is 0.232 e. The van der Waals surface area contributed by atoms with Crippen molar-refractivity contribution in [3.05, 3.63) is 52.7 Å². The number of phenols is 1. The molecule has 0 aliphatic carbocycles. The third-order valence-electron chi connectivity index (χ3n) is 4.38. The molecule has 0 saturated heterocycles. The van der Waals surface area contributed by atoms with E-state index in [4.69, 9.17) is 9.15 Å². The summed E-state index contributed by atoms with van der Waals surface area (Å²) in [6.07, 6.45) is 1.60. The van der Waals surface area contributed by atoms with Gasteiger partial charge in [0.25, 0.3) is 0 Å². The van der Waals surface area contributed by atoms with Gasteiger partial charge < -0.3 is 19.2 Å². The Morgan fingerprint density at radius 1 is 1.17 bits per heavy atom.